The van der Waals surface area contributed by atoms with Gasteiger partial charge in [-0.25, -0.2) is 4.79 Å². The molecule has 0 spiro atoms. The van der Waals surface area contributed by atoms with Crippen LogP contribution in [0.25, 0.3) is 0 Å². The van der Waals surface area contributed by atoms with Gasteiger partial charge in [-0.1, -0.05) is 17.7 Å². The molecule has 1 aromatic carbocycles. The average Bonchev–Trinajstić information content (AvgIpc) is 2.54. The molecule has 1 amide bonds. The lowest BCUT2D eigenvalue weighted by Crippen LogP contribution is -3.00. The van der Waals surface area contributed by atoms with Crippen LogP contribution in [0.2, 0.25) is 0 Å². The first-order valence-electron chi connectivity index (χ1n) is 8.93. The average molecular weight is 386 g/mol. The van der Waals surface area contributed by atoms with E-state index in [0.717, 1.165) is 30.0 Å². The number of aliphatic hydroxyl groups is 1. The van der Waals surface area contributed by atoms with Crippen LogP contribution in [0.3, 0.4) is 0 Å². The van der Waals surface area contributed by atoms with Crippen LogP contribution < -0.4 is 17.1 Å². The molecular formula is C19H30ClN2O4-. The molecular weight excluding hydrogens is 356 g/mol. The number of aliphatic hydroxyl groups excluding tert-OH is 1. The number of piperazine rings is 1. The molecule has 1 aliphatic heterocycles. The highest BCUT2D eigenvalue weighted by Gasteiger charge is 2.23. The van der Waals surface area contributed by atoms with E-state index in [1.54, 1.807) is 4.90 Å². The van der Waals surface area contributed by atoms with Crippen LogP contribution in [0.15, 0.2) is 12.1 Å². The summed E-state index contributed by atoms with van der Waals surface area (Å²) in [6.45, 7) is 11.8. The van der Waals surface area contributed by atoms with Crippen LogP contribution in [0.1, 0.15) is 23.6 Å². The predicted molar refractivity (Wildman–Crippen MR) is 97.2 cm³/mol. The van der Waals surface area contributed by atoms with Gasteiger partial charge in [-0.3, -0.25) is 4.90 Å². The van der Waals surface area contributed by atoms with Gasteiger partial charge in [0, 0.05) is 32.7 Å². The van der Waals surface area contributed by atoms with Crippen LogP contribution >= 0.6 is 0 Å². The lowest BCUT2D eigenvalue weighted by atomic mass is 10.1. The number of halogens is 1. The number of aryl methyl sites for hydroxylation is 3. The van der Waals surface area contributed by atoms with Crippen molar-refractivity contribution in [2.45, 2.75) is 33.8 Å². The summed E-state index contributed by atoms with van der Waals surface area (Å²) < 4.78 is 10.9. The van der Waals surface area contributed by atoms with E-state index in [9.17, 15) is 9.90 Å². The van der Waals surface area contributed by atoms with Gasteiger partial charge in [0.05, 0.1) is 6.61 Å². The molecule has 1 aromatic rings. The molecule has 1 fully saturated rings. The van der Waals surface area contributed by atoms with Crippen LogP contribution in [-0.4, -0.2) is 73.0 Å². The third kappa shape index (κ3) is 6.34. The maximum absolute atomic E-state index is 11.7. The molecule has 0 aliphatic carbocycles. The molecule has 1 unspecified atom stereocenters. The van der Waals surface area contributed by atoms with Gasteiger partial charge in [-0.2, -0.15) is 0 Å². The molecule has 26 heavy (non-hydrogen) atoms. The maximum Gasteiger partial charge on any atom is 0.409 e. The lowest BCUT2D eigenvalue weighted by Gasteiger charge is -2.34. The molecule has 1 atom stereocenters. The quantitative estimate of drug-likeness (QED) is 0.689. The fraction of sp³-hybridized carbons (Fsp3) is 0.632. The SMILES string of the molecule is CCOC(=O)N1CCN(CC(O)COc2c(C)cc(C)cc2C)CC1.[Cl-]. The minimum Gasteiger partial charge on any atom is -1.00 e. The molecule has 1 N–H and O–H groups in total. The summed E-state index contributed by atoms with van der Waals surface area (Å²) in [5, 5.41) is 10.3. The number of carbonyl (C=O) groups is 1. The second-order valence-electron chi connectivity index (χ2n) is 6.68. The number of benzene rings is 1. The zero-order chi connectivity index (χ0) is 18.4. The second-order valence-corrected chi connectivity index (χ2v) is 6.68. The van der Waals surface area contributed by atoms with Crippen molar-refractivity contribution in [1.82, 2.24) is 9.80 Å². The van der Waals surface area contributed by atoms with Crippen molar-refractivity contribution < 1.29 is 31.8 Å². The molecule has 1 saturated heterocycles. The van der Waals surface area contributed by atoms with E-state index in [0.29, 0.717) is 26.2 Å². The Morgan fingerprint density at radius 2 is 1.73 bits per heavy atom. The third-order valence-corrected chi connectivity index (χ3v) is 4.39. The van der Waals surface area contributed by atoms with E-state index in [1.807, 2.05) is 20.8 Å². The molecule has 0 saturated carbocycles. The molecule has 0 radical (unpaired) electrons. The number of hydrogen-bond donors (Lipinski definition) is 1. The Balaban J connectivity index is 0.00000338. The summed E-state index contributed by atoms with van der Waals surface area (Å²) in [5.41, 5.74) is 3.39. The molecule has 1 heterocycles. The van der Waals surface area contributed by atoms with Gasteiger partial charge in [0.1, 0.15) is 18.5 Å². The fourth-order valence-corrected chi connectivity index (χ4v) is 3.25. The highest BCUT2D eigenvalue weighted by Crippen LogP contribution is 2.24. The van der Waals surface area contributed by atoms with E-state index >= 15 is 0 Å². The van der Waals surface area contributed by atoms with Crippen LogP contribution in [0.5, 0.6) is 5.75 Å². The predicted octanol–water partition coefficient (Wildman–Crippen LogP) is -0.870. The van der Waals surface area contributed by atoms with Gasteiger partial charge in [-0.05, 0) is 38.8 Å². The molecule has 6 nitrogen and oxygen atoms in total. The Bertz CT molecular complexity index is 566. The first-order valence-corrected chi connectivity index (χ1v) is 8.93. The van der Waals surface area contributed by atoms with Crippen molar-refractivity contribution in [3.63, 3.8) is 0 Å². The number of carbonyl (C=O) groups excluding carboxylic acids is 1. The number of β-amino-alcohol motifs (C(OH)–C–C–N with tert-alkyl or cyclic N) is 1. The zero-order valence-corrected chi connectivity index (χ0v) is 16.9. The van der Waals surface area contributed by atoms with Crippen LogP contribution in [0, 0.1) is 20.8 Å². The Labute approximate surface area is 162 Å². The van der Waals surface area contributed by atoms with Crippen molar-refractivity contribution in [2.24, 2.45) is 0 Å². The first kappa shape index (κ1) is 22.5. The van der Waals surface area contributed by atoms with Crippen LogP contribution in [-0.2, 0) is 4.74 Å². The standard InChI is InChI=1S/C19H30N2O4.ClH/c1-5-24-19(23)21-8-6-20(7-9-21)12-17(22)13-25-18-15(3)10-14(2)11-16(18)4;/h10-11,17,22H,5-9,12-13H2,1-4H3;1H/p-1. The topological polar surface area (TPSA) is 62.2 Å². The smallest absolute Gasteiger partial charge is 0.409 e. The Morgan fingerprint density at radius 3 is 2.27 bits per heavy atom. The zero-order valence-electron chi connectivity index (χ0n) is 16.1. The van der Waals surface area contributed by atoms with E-state index in [-0.39, 0.29) is 25.1 Å². The number of hydrogen-bond acceptors (Lipinski definition) is 5. The van der Waals surface area contributed by atoms with Crippen molar-refractivity contribution >= 4 is 6.09 Å². The Hall–Kier alpha value is -1.50. The van der Waals surface area contributed by atoms with Crippen LogP contribution in [0.4, 0.5) is 4.79 Å². The summed E-state index contributed by atoms with van der Waals surface area (Å²) in [5.74, 6) is 0.858. The van der Waals surface area contributed by atoms with E-state index < -0.39 is 6.10 Å². The monoisotopic (exact) mass is 385 g/mol. The third-order valence-electron chi connectivity index (χ3n) is 4.39. The van der Waals surface area contributed by atoms with E-state index in [2.05, 4.69) is 24.0 Å². The van der Waals surface area contributed by atoms with Gasteiger partial charge in [0.15, 0.2) is 0 Å². The molecule has 1 aliphatic rings. The Kier molecular flexibility index (Phi) is 9.19. The first-order chi connectivity index (χ1) is 11.9. The molecule has 0 bridgehead atoms. The van der Waals surface area contributed by atoms with E-state index in [4.69, 9.17) is 9.47 Å². The largest absolute Gasteiger partial charge is 1.00 e. The summed E-state index contributed by atoms with van der Waals surface area (Å²) in [6, 6.07) is 4.17. The minimum absolute atomic E-state index is 0. The summed E-state index contributed by atoms with van der Waals surface area (Å²) in [4.78, 5) is 15.6. The molecule has 0 aromatic heterocycles. The number of nitrogens with zero attached hydrogens (tertiary/aromatic N) is 2. The van der Waals surface area contributed by atoms with Gasteiger partial charge in [-0.15, -0.1) is 0 Å². The van der Waals surface area contributed by atoms with Crippen molar-refractivity contribution in [2.75, 3.05) is 45.9 Å². The summed E-state index contributed by atoms with van der Waals surface area (Å²) >= 11 is 0. The van der Waals surface area contributed by atoms with Crippen molar-refractivity contribution in [3.8, 4) is 5.75 Å². The lowest BCUT2D eigenvalue weighted by molar-refractivity contribution is -0.0000199. The number of ether oxygens (including phenoxy) is 2. The molecule has 2 rings (SSSR count). The van der Waals surface area contributed by atoms with Gasteiger partial charge in [0.25, 0.3) is 0 Å². The van der Waals surface area contributed by atoms with Gasteiger partial charge in [0.2, 0.25) is 0 Å². The number of amides is 1. The Morgan fingerprint density at radius 1 is 1.15 bits per heavy atom. The molecule has 7 heteroatoms. The summed E-state index contributed by atoms with van der Waals surface area (Å²) in [6.07, 6.45) is -0.814. The van der Waals surface area contributed by atoms with Gasteiger partial charge >= 0.3 is 6.09 Å². The highest BCUT2D eigenvalue weighted by molar-refractivity contribution is 5.67. The van der Waals surface area contributed by atoms with Crippen molar-refractivity contribution in [3.05, 3.63) is 28.8 Å². The minimum atomic E-state index is -0.561. The van der Waals surface area contributed by atoms with Crippen molar-refractivity contribution in [1.29, 1.82) is 0 Å². The maximum atomic E-state index is 11.7. The van der Waals surface area contributed by atoms with Gasteiger partial charge < -0.3 is 31.9 Å². The van der Waals surface area contributed by atoms with E-state index in [1.165, 1.54) is 5.56 Å². The second kappa shape index (κ2) is 10.6. The highest BCUT2D eigenvalue weighted by atomic mass is 35.5. The fourth-order valence-electron chi connectivity index (χ4n) is 3.25. The number of rotatable bonds is 6. The normalized spacial score (nSPS) is 16.0. The molecule has 148 valence electrons. The summed E-state index contributed by atoms with van der Waals surface area (Å²) in [7, 11) is 0.